The second-order valence-corrected chi connectivity index (χ2v) is 5.62. The molecule has 1 aromatic carbocycles. The molecule has 1 N–H and O–H groups in total. The Morgan fingerprint density at radius 2 is 2.17 bits per heavy atom. The fraction of sp³-hybridized carbons (Fsp3) is 0.625. The van der Waals surface area contributed by atoms with Crippen molar-refractivity contribution in [2.45, 2.75) is 39.2 Å². The summed E-state index contributed by atoms with van der Waals surface area (Å²) in [6.45, 7) is 6.66. The van der Waals surface area contributed by atoms with Crippen LogP contribution in [0.2, 0.25) is 0 Å². The van der Waals surface area contributed by atoms with Gasteiger partial charge in [0, 0.05) is 25.3 Å². The number of anilines is 1. The molecule has 0 amide bonds. The van der Waals surface area contributed by atoms with Crippen molar-refractivity contribution in [3.8, 4) is 0 Å². The molecule has 0 aliphatic heterocycles. The number of rotatable bonds is 7. The van der Waals surface area contributed by atoms with E-state index in [1.165, 1.54) is 30.5 Å². The van der Waals surface area contributed by atoms with E-state index in [0.717, 1.165) is 19.0 Å². The number of hydrogen-bond acceptors (Lipinski definition) is 2. The van der Waals surface area contributed by atoms with E-state index in [-0.39, 0.29) is 0 Å². The predicted octanol–water partition coefficient (Wildman–Crippen LogP) is 3.21. The lowest BCUT2D eigenvalue weighted by atomic mass is 10.1. The number of nitrogens with one attached hydrogen (secondary N) is 1. The summed E-state index contributed by atoms with van der Waals surface area (Å²) in [5, 5.41) is 3.70. The summed E-state index contributed by atoms with van der Waals surface area (Å²) in [6.07, 6.45) is 4.03. The first-order valence-corrected chi connectivity index (χ1v) is 7.22. The zero-order valence-corrected chi connectivity index (χ0v) is 11.9. The molecule has 1 aliphatic carbocycles. The molecule has 2 rings (SSSR count). The van der Waals surface area contributed by atoms with Crippen molar-refractivity contribution in [3.63, 3.8) is 0 Å². The van der Waals surface area contributed by atoms with Crippen LogP contribution in [0.15, 0.2) is 24.3 Å². The van der Waals surface area contributed by atoms with E-state index in [9.17, 15) is 0 Å². The molecule has 0 saturated heterocycles. The molecule has 0 aromatic heterocycles. The fourth-order valence-corrected chi connectivity index (χ4v) is 2.47. The Balaban J connectivity index is 1.93. The third-order valence-electron chi connectivity index (χ3n) is 3.76. The third kappa shape index (κ3) is 3.74. The zero-order chi connectivity index (χ0) is 13.0. The summed E-state index contributed by atoms with van der Waals surface area (Å²) < 4.78 is 0. The third-order valence-corrected chi connectivity index (χ3v) is 3.76. The van der Waals surface area contributed by atoms with Gasteiger partial charge in [0.1, 0.15) is 0 Å². The predicted molar refractivity (Wildman–Crippen MR) is 79.3 cm³/mol. The van der Waals surface area contributed by atoms with Gasteiger partial charge in [0.05, 0.1) is 0 Å². The molecule has 1 aromatic rings. The van der Waals surface area contributed by atoms with Gasteiger partial charge in [-0.05, 0) is 56.3 Å². The molecule has 0 radical (unpaired) electrons. The minimum Gasteiger partial charge on any atom is -0.373 e. The molecule has 0 spiro atoms. The standard InChI is InChI=1S/C16H26N2/c1-4-10-17-16(14-8-9-14)12-18(3)15-7-5-6-13(2)11-15/h5-7,11,14,16-17H,4,8-10,12H2,1-3H3. The minimum atomic E-state index is 0.662. The highest BCUT2D eigenvalue weighted by Crippen LogP contribution is 2.33. The summed E-state index contributed by atoms with van der Waals surface area (Å²) >= 11 is 0. The molecule has 100 valence electrons. The Bertz CT molecular complexity index is 371. The molecular weight excluding hydrogens is 220 g/mol. The van der Waals surface area contributed by atoms with Crippen LogP contribution in [0.25, 0.3) is 0 Å². The smallest absolute Gasteiger partial charge is 0.0366 e. The number of aryl methyl sites for hydroxylation is 1. The van der Waals surface area contributed by atoms with E-state index in [0.29, 0.717) is 6.04 Å². The molecule has 1 unspecified atom stereocenters. The van der Waals surface area contributed by atoms with Gasteiger partial charge in [-0.2, -0.15) is 0 Å². The van der Waals surface area contributed by atoms with Gasteiger partial charge in [0.25, 0.3) is 0 Å². The van der Waals surface area contributed by atoms with E-state index < -0.39 is 0 Å². The number of hydrogen-bond donors (Lipinski definition) is 1. The van der Waals surface area contributed by atoms with Gasteiger partial charge in [-0.1, -0.05) is 19.1 Å². The maximum atomic E-state index is 3.70. The van der Waals surface area contributed by atoms with Crippen molar-refractivity contribution in [1.82, 2.24) is 5.32 Å². The summed E-state index contributed by atoms with van der Waals surface area (Å²) in [5.74, 6) is 0.906. The normalized spacial score (nSPS) is 16.6. The summed E-state index contributed by atoms with van der Waals surface area (Å²) in [5.41, 5.74) is 2.67. The lowest BCUT2D eigenvalue weighted by Crippen LogP contribution is -2.41. The van der Waals surface area contributed by atoms with Crippen LogP contribution in [0.1, 0.15) is 31.7 Å². The lowest BCUT2D eigenvalue weighted by molar-refractivity contribution is 0.463. The van der Waals surface area contributed by atoms with Crippen molar-refractivity contribution >= 4 is 5.69 Å². The van der Waals surface area contributed by atoms with Crippen molar-refractivity contribution in [2.24, 2.45) is 5.92 Å². The minimum absolute atomic E-state index is 0.662. The molecule has 1 fully saturated rings. The number of benzene rings is 1. The van der Waals surface area contributed by atoms with Gasteiger partial charge in [-0.15, -0.1) is 0 Å². The monoisotopic (exact) mass is 246 g/mol. The SMILES string of the molecule is CCCNC(CN(C)c1cccc(C)c1)C1CC1. The first-order valence-electron chi connectivity index (χ1n) is 7.22. The Morgan fingerprint density at radius 1 is 1.39 bits per heavy atom. The van der Waals surface area contributed by atoms with Gasteiger partial charge in [-0.3, -0.25) is 0 Å². The van der Waals surface area contributed by atoms with Crippen molar-refractivity contribution in [3.05, 3.63) is 29.8 Å². The van der Waals surface area contributed by atoms with E-state index in [2.05, 4.69) is 55.4 Å². The Hall–Kier alpha value is -1.02. The van der Waals surface area contributed by atoms with Gasteiger partial charge in [0.2, 0.25) is 0 Å². The maximum absolute atomic E-state index is 3.70. The van der Waals surface area contributed by atoms with Crippen LogP contribution < -0.4 is 10.2 Å². The molecule has 18 heavy (non-hydrogen) atoms. The molecule has 1 aliphatic rings. The largest absolute Gasteiger partial charge is 0.373 e. The highest BCUT2D eigenvalue weighted by molar-refractivity contribution is 5.47. The van der Waals surface area contributed by atoms with Crippen LogP contribution in [-0.4, -0.2) is 26.2 Å². The fourth-order valence-electron chi connectivity index (χ4n) is 2.47. The topological polar surface area (TPSA) is 15.3 Å². The first-order chi connectivity index (χ1) is 8.70. The molecule has 2 nitrogen and oxygen atoms in total. The number of nitrogens with zero attached hydrogens (tertiary/aromatic N) is 1. The highest BCUT2D eigenvalue weighted by atomic mass is 15.1. The van der Waals surface area contributed by atoms with Crippen LogP contribution in [-0.2, 0) is 0 Å². The average Bonchev–Trinajstić information content (AvgIpc) is 3.18. The maximum Gasteiger partial charge on any atom is 0.0366 e. The van der Waals surface area contributed by atoms with Gasteiger partial charge >= 0.3 is 0 Å². The van der Waals surface area contributed by atoms with E-state index in [1.807, 2.05) is 0 Å². The molecule has 0 bridgehead atoms. The second kappa shape index (κ2) is 6.24. The Kier molecular flexibility index (Phi) is 4.65. The Morgan fingerprint density at radius 3 is 2.78 bits per heavy atom. The van der Waals surface area contributed by atoms with Crippen LogP contribution in [0.4, 0.5) is 5.69 Å². The molecule has 2 heteroatoms. The van der Waals surface area contributed by atoms with Gasteiger partial charge < -0.3 is 10.2 Å². The Labute approximate surface area is 111 Å². The zero-order valence-electron chi connectivity index (χ0n) is 11.9. The number of likely N-dealkylation sites (N-methyl/N-ethyl adjacent to an activating group) is 1. The lowest BCUT2D eigenvalue weighted by Gasteiger charge is -2.27. The van der Waals surface area contributed by atoms with E-state index in [4.69, 9.17) is 0 Å². The van der Waals surface area contributed by atoms with Gasteiger partial charge in [-0.25, -0.2) is 0 Å². The molecule has 0 heterocycles. The molecule has 1 saturated carbocycles. The highest BCUT2D eigenvalue weighted by Gasteiger charge is 2.31. The average molecular weight is 246 g/mol. The van der Waals surface area contributed by atoms with Crippen LogP contribution in [0.5, 0.6) is 0 Å². The van der Waals surface area contributed by atoms with Crippen LogP contribution in [0.3, 0.4) is 0 Å². The van der Waals surface area contributed by atoms with Crippen LogP contribution >= 0.6 is 0 Å². The summed E-state index contributed by atoms with van der Waals surface area (Å²) in [4.78, 5) is 2.39. The van der Waals surface area contributed by atoms with Crippen molar-refractivity contribution in [2.75, 3.05) is 25.0 Å². The van der Waals surface area contributed by atoms with E-state index in [1.54, 1.807) is 0 Å². The summed E-state index contributed by atoms with van der Waals surface area (Å²) in [6, 6.07) is 9.44. The van der Waals surface area contributed by atoms with E-state index >= 15 is 0 Å². The van der Waals surface area contributed by atoms with Gasteiger partial charge in [0.15, 0.2) is 0 Å². The quantitative estimate of drug-likeness (QED) is 0.795. The van der Waals surface area contributed by atoms with Crippen LogP contribution in [0, 0.1) is 12.8 Å². The summed E-state index contributed by atoms with van der Waals surface area (Å²) in [7, 11) is 2.21. The second-order valence-electron chi connectivity index (χ2n) is 5.62. The van der Waals surface area contributed by atoms with Crippen molar-refractivity contribution in [1.29, 1.82) is 0 Å². The first kappa shape index (κ1) is 13.4. The molecular formula is C16H26N2. The molecule has 1 atom stereocenters. The van der Waals surface area contributed by atoms with Crippen molar-refractivity contribution < 1.29 is 0 Å².